The van der Waals surface area contributed by atoms with Crippen molar-refractivity contribution in [2.24, 2.45) is 10.7 Å². The zero-order valence-corrected chi connectivity index (χ0v) is 8.03. The van der Waals surface area contributed by atoms with Crippen LogP contribution in [0.15, 0.2) is 29.3 Å². The Kier molecular flexibility index (Phi) is 4.07. The number of hydrogen-bond acceptors (Lipinski definition) is 2. The van der Waals surface area contributed by atoms with Crippen LogP contribution < -0.4 is 5.73 Å². The molecule has 0 atom stereocenters. The van der Waals surface area contributed by atoms with E-state index in [1.54, 1.807) is 19.2 Å². The van der Waals surface area contributed by atoms with Crippen LogP contribution in [-0.4, -0.2) is 26.1 Å². The maximum atomic E-state index is 12.8. The molecule has 0 heterocycles. The lowest BCUT2D eigenvalue weighted by Gasteiger charge is -2.00. The van der Waals surface area contributed by atoms with Gasteiger partial charge in [0.05, 0.1) is 13.2 Å². The van der Waals surface area contributed by atoms with Gasteiger partial charge in [0, 0.05) is 12.7 Å². The molecule has 76 valence electrons. The van der Waals surface area contributed by atoms with Gasteiger partial charge >= 0.3 is 0 Å². The zero-order chi connectivity index (χ0) is 10.4. The highest BCUT2D eigenvalue weighted by Crippen LogP contribution is 2.02. The van der Waals surface area contributed by atoms with Crippen molar-refractivity contribution in [3.05, 3.63) is 35.6 Å². The number of benzene rings is 1. The number of methoxy groups -OCH3 is 1. The van der Waals surface area contributed by atoms with E-state index in [4.69, 9.17) is 10.5 Å². The summed E-state index contributed by atoms with van der Waals surface area (Å²) < 4.78 is 17.6. The van der Waals surface area contributed by atoms with Gasteiger partial charge in [0.1, 0.15) is 11.7 Å². The van der Waals surface area contributed by atoms with Crippen molar-refractivity contribution in [1.82, 2.24) is 0 Å². The van der Waals surface area contributed by atoms with E-state index >= 15 is 0 Å². The molecule has 0 radical (unpaired) electrons. The van der Waals surface area contributed by atoms with Crippen LogP contribution in [0.25, 0.3) is 0 Å². The minimum atomic E-state index is -0.313. The van der Waals surface area contributed by atoms with Gasteiger partial charge in [-0.05, 0) is 12.1 Å². The Balaban J connectivity index is 2.68. The van der Waals surface area contributed by atoms with E-state index in [2.05, 4.69) is 4.99 Å². The van der Waals surface area contributed by atoms with Crippen molar-refractivity contribution in [3.8, 4) is 0 Å². The van der Waals surface area contributed by atoms with Crippen molar-refractivity contribution in [2.45, 2.75) is 0 Å². The molecule has 3 nitrogen and oxygen atoms in total. The third-order valence-electron chi connectivity index (χ3n) is 1.70. The Bertz CT molecular complexity index is 326. The Morgan fingerprint density at radius 2 is 2.36 bits per heavy atom. The summed E-state index contributed by atoms with van der Waals surface area (Å²) in [5.41, 5.74) is 6.23. The fourth-order valence-corrected chi connectivity index (χ4v) is 0.996. The van der Waals surface area contributed by atoms with E-state index in [9.17, 15) is 4.39 Å². The standard InChI is InChI=1S/C10H13FN2O/c1-14-6-5-13-10(12)8-3-2-4-9(11)7-8/h2-4,7H,5-6H2,1H3,(H2,12,13). The lowest BCUT2D eigenvalue weighted by atomic mass is 10.2. The average molecular weight is 196 g/mol. The summed E-state index contributed by atoms with van der Waals surface area (Å²) >= 11 is 0. The number of amidine groups is 1. The number of nitrogens with two attached hydrogens (primary N) is 1. The molecule has 0 aromatic heterocycles. The summed E-state index contributed by atoms with van der Waals surface area (Å²) in [5.74, 6) is 0.0222. The predicted molar refractivity (Wildman–Crippen MR) is 53.9 cm³/mol. The molecular weight excluding hydrogens is 183 g/mol. The monoisotopic (exact) mass is 196 g/mol. The highest BCUT2D eigenvalue weighted by Gasteiger charge is 1.98. The van der Waals surface area contributed by atoms with Crippen molar-refractivity contribution >= 4 is 5.84 Å². The van der Waals surface area contributed by atoms with Crippen LogP contribution in [0.5, 0.6) is 0 Å². The highest BCUT2D eigenvalue weighted by molar-refractivity contribution is 5.97. The van der Waals surface area contributed by atoms with Gasteiger partial charge in [-0.3, -0.25) is 4.99 Å². The molecule has 0 spiro atoms. The average Bonchev–Trinajstić information content (AvgIpc) is 2.18. The smallest absolute Gasteiger partial charge is 0.125 e. The van der Waals surface area contributed by atoms with E-state index in [-0.39, 0.29) is 5.82 Å². The zero-order valence-electron chi connectivity index (χ0n) is 8.03. The number of rotatable bonds is 4. The normalized spacial score (nSPS) is 11.7. The molecule has 0 saturated carbocycles. The molecule has 0 unspecified atom stereocenters. The molecule has 0 fully saturated rings. The lowest BCUT2D eigenvalue weighted by molar-refractivity contribution is 0.208. The molecule has 0 aliphatic carbocycles. The van der Waals surface area contributed by atoms with E-state index in [1.165, 1.54) is 12.1 Å². The van der Waals surface area contributed by atoms with Crippen molar-refractivity contribution in [2.75, 3.05) is 20.3 Å². The van der Waals surface area contributed by atoms with Crippen LogP contribution in [0, 0.1) is 5.82 Å². The largest absolute Gasteiger partial charge is 0.384 e. The fraction of sp³-hybridized carbons (Fsp3) is 0.300. The second-order valence-electron chi connectivity index (χ2n) is 2.77. The maximum absolute atomic E-state index is 12.8. The van der Waals surface area contributed by atoms with E-state index in [0.717, 1.165) is 0 Å². The molecule has 14 heavy (non-hydrogen) atoms. The molecule has 0 aliphatic rings. The van der Waals surface area contributed by atoms with Crippen molar-refractivity contribution in [1.29, 1.82) is 0 Å². The van der Waals surface area contributed by atoms with Crippen LogP contribution >= 0.6 is 0 Å². The van der Waals surface area contributed by atoms with E-state index < -0.39 is 0 Å². The topological polar surface area (TPSA) is 47.6 Å². The summed E-state index contributed by atoms with van der Waals surface area (Å²) in [7, 11) is 1.59. The third kappa shape index (κ3) is 3.14. The van der Waals surface area contributed by atoms with Crippen LogP contribution in [0.2, 0.25) is 0 Å². The van der Waals surface area contributed by atoms with Gasteiger partial charge < -0.3 is 10.5 Å². The van der Waals surface area contributed by atoms with Crippen LogP contribution in [-0.2, 0) is 4.74 Å². The predicted octanol–water partition coefficient (Wildman–Crippen LogP) is 1.18. The van der Waals surface area contributed by atoms with Gasteiger partial charge in [-0.2, -0.15) is 0 Å². The molecule has 0 bridgehead atoms. The van der Waals surface area contributed by atoms with Gasteiger partial charge in [-0.25, -0.2) is 4.39 Å². The highest BCUT2D eigenvalue weighted by atomic mass is 19.1. The minimum absolute atomic E-state index is 0.313. The molecule has 1 aromatic carbocycles. The summed E-state index contributed by atoms with van der Waals surface area (Å²) in [5, 5.41) is 0. The molecule has 0 amide bonds. The summed E-state index contributed by atoms with van der Waals surface area (Å²) in [6.45, 7) is 0.995. The molecular formula is C10H13FN2O. The maximum Gasteiger partial charge on any atom is 0.125 e. The Morgan fingerprint density at radius 1 is 1.57 bits per heavy atom. The van der Waals surface area contributed by atoms with Crippen molar-refractivity contribution < 1.29 is 9.13 Å². The Morgan fingerprint density at radius 3 is 3.00 bits per heavy atom. The lowest BCUT2D eigenvalue weighted by Crippen LogP contribution is -2.15. The van der Waals surface area contributed by atoms with Crippen molar-refractivity contribution in [3.63, 3.8) is 0 Å². The first-order valence-corrected chi connectivity index (χ1v) is 4.29. The first-order valence-electron chi connectivity index (χ1n) is 4.29. The second-order valence-corrected chi connectivity index (χ2v) is 2.77. The molecule has 1 rings (SSSR count). The molecule has 0 saturated heterocycles. The van der Waals surface area contributed by atoms with E-state index in [1.807, 2.05) is 0 Å². The minimum Gasteiger partial charge on any atom is -0.384 e. The number of hydrogen-bond donors (Lipinski definition) is 1. The quantitative estimate of drug-likeness (QED) is 0.446. The first kappa shape index (κ1) is 10.7. The number of halogens is 1. The van der Waals surface area contributed by atoms with Gasteiger partial charge in [-0.15, -0.1) is 0 Å². The SMILES string of the molecule is COCCN=C(N)c1cccc(F)c1. The number of aliphatic imine (C=N–C) groups is 1. The fourth-order valence-electron chi connectivity index (χ4n) is 0.996. The molecule has 4 heteroatoms. The van der Waals surface area contributed by atoms with Crippen LogP contribution in [0.1, 0.15) is 5.56 Å². The van der Waals surface area contributed by atoms with Crippen LogP contribution in [0.3, 0.4) is 0 Å². The van der Waals surface area contributed by atoms with Gasteiger partial charge in [-0.1, -0.05) is 12.1 Å². The third-order valence-corrected chi connectivity index (χ3v) is 1.70. The Hall–Kier alpha value is -1.42. The van der Waals surface area contributed by atoms with Gasteiger partial charge in [0.15, 0.2) is 0 Å². The molecule has 0 aliphatic heterocycles. The number of nitrogens with zero attached hydrogens (tertiary/aromatic N) is 1. The molecule has 1 aromatic rings. The van der Waals surface area contributed by atoms with Gasteiger partial charge in [0.2, 0.25) is 0 Å². The summed E-state index contributed by atoms with van der Waals surface area (Å²) in [6, 6.07) is 6.04. The second kappa shape index (κ2) is 5.34. The summed E-state index contributed by atoms with van der Waals surface area (Å²) in [6.07, 6.45) is 0. The van der Waals surface area contributed by atoms with Crippen LogP contribution in [0.4, 0.5) is 4.39 Å². The van der Waals surface area contributed by atoms with E-state index in [0.29, 0.717) is 24.6 Å². The van der Waals surface area contributed by atoms with Gasteiger partial charge in [0.25, 0.3) is 0 Å². The summed E-state index contributed by atoms with van der Waals surface area (Å²) in [4.78, 5) is 4.03. The Labute approximate surface area is 82.4 Å². The molecule has 2 N–H and O–H groups in total. The number of ether oxygens (including phenoxy) is 1. The first-order chi connectivity index (χ1) is 6.74.